The molecule has 10 nitrogen and oxygen atoms in total. The highest BCUT2D eigenvalue weighted by Crippen LogP contribution is 2.30. The van der Waals surface area contributed by atoms with E-state index in [1.54, 1.807) is 0 Å². The second-order valence-corrected chi connectivity index (χ2v) is 6.21. The topological polar surface area (TPSA) is 128 Å². The van der Waals surface area contributed by atoms with Crippen molar-refractivity contribution in [3.8, 4) is 5.75 Å². The zero-order valence-corrected chi connectivity index (χ0v) is 15.9. The van der Waals surface area contributed by atoms with E-state index in [1.165, 1.54) is 24.3 Å². The van der Waals surface area contributed by atoms with Gasteiger partial charge in [0, 0.05) is 6.07 Å². The van der Waals surface area contributed by atoms with Gasteiger partial charge in [0.2, 0.25) is 0 Å². The number of hydrogen-bond donors (Lipinski definition) is 1. The van der Waals surface area contributed by atoms with Crippen molar-refractivity contribution in [3.05, 3.63) is 75.5 Å². The number of benzene rings is 2. The molecular weight excluding hydrogens is 394 g/mol. The SMILES string of the molecule is COC(=O)CN1C(=O)N/C(=C/c2ccc(OCc3ccccc3)c([N+](=O)[O-])c2)C1=O. The number of nitrogens with one attached hydrogen (secondary N) is 1. The fraction of sp³-hybridized carbons (Fsp3) is 0.150. The number of nitrogens with zero attached hydrogens (tertiary/aromatic N) is 2. The molecule has 0 radical (unpaired) electrons. The first-order valence-electron chi connectivity index (χ1n) is 8.75. The van der Waals surface area contributed by atoms with E-state index in [4.69, 9.17) is 4.74 Å². The molecule has 2 aromatic rings. The molecule has 1 heterocycles. The third kappa shape index (κ3) is 4.61. The van der Waals surface area contributed by atoms with Gasteiger partial charge in [-0.3, -0.25) is 19.7 Å². The van der Waals surface area contributed by atoms with Gasteiger partial charge < -0.3 is 14.8 Å². The first-order valence-corrected chi connectivity index (χ1v) is 8.75. The zero-order chi connectivity index (χ0) is 21.7. The molecule has 154 valence electrons. The van der Waals surface area contributed by atoms with Crippen LogP contribution in [-0.2, 0) is 20.9 Å². The molecule has 0 bridgehead atoms. The Morgan fingerprint density at radius 2 is 1.93 bits per heavy atom. The number of carbonyl (C=O) groups excluding carboxylic acids is 3. The number of rotatable bonds is 7. The maximum absolute atomic E-state index is 12.3. The zero-order valence-electron chi connectivity index (χ0n) is 15.9. The van der Waals surface area contributed by atoms with Gasteiger partial charge in [-0.2, -0.15) is 0 Å². The third-order valence-corrected chi connectivity index (χ3v) is 4.21. The molecule has 30 heavy (non-hydrogen) atoms. The summed E-state index contributed by atoms with van der Waals surface area (Å²) < 4.78 is 10.0. The van der Waals surface area contributed by atoms with E-state index in [0.29, 0.717) is 10.5 Å². The molecule has 1 fully saturated rings. The Balaban J connectivity index is 1.80. The van der Waals surface area contributed by atoms with E-state index < -0.39 is 29.4 Å². The summed E-state index contributed by atoms with van der Waals surface area (Å²) in [6, 6.07) is 12.6. The molecule has 1 aliphatic heterocycles. The number of nitro groups is 1. The fourth-order valence-corrected chi connectivity index (χ4v) is 2.70. The smallest absolute Gasteiger partial charge is 0.329 e. The number of amides is 3. The monoisotopic (exact) mass is 411 g/mol. The maximum atomic E-state index is 12.3. The van der Waals surface area contributed by atoms with Crippen molar-refractivity contribution in [3.63, 3.8) is 0 Å². The van der Waals surface area contributed by atoms with Gasteiger partial charge in [-0.05, 0) is 23.3 Å². The summed E-state index contributed by atoms with van der Waals surface area (Å²) in [7, 11) is 1.14. The Bertz CT molecular complexity index is 1030. The Morgan fingerprint density at radius 3 is 2.60 bits per heavy atom. The highest BCUT2D eigenvalue weighted by Gasteiger charge is 2.35. The number of esters is 1. The van der Waals surface area contributed by atoms with Crippen LogP contribution in [0.1, 0.15) is 11.1 Å². The van der Waals surface area contributed by atoms with Gasteiger partial charge in [0.1, 0.15) is 18.8 Å². The first kappa shape index (κ1) is 20.5. The lowest BCUT2D eigenvalue weighted by molar-refractivity contribution is -0.386. The van der Waals surface area contributed by atoms with Crippen LogP contribution in [0.4, 0.5) is 10.5 Å². The van der Waals surface area contributed by atoms with Gasteiger partial charge in [0.25, 0.3) is 5.91 Å². The average molecular weight is 411 g/mol. The summed E-state index contributed by atoms with van der Waals surface area (Å²) in [5.74, 6) is -1.42. The fourth-order valence-electron chi connectivity index (χ4n) is 2.70. The molecule has 1 saturated heterocycles. The molecule has 0 spiro atoms. The molecule has 1 aliphatic rings. The highest BCUT2D eigenvalue weighted by molar-refractivity contribution is 6.15. The molecule has 3 rings (SSSR count). The van der Waals surface area contributed by atoms with Gasteiger partial charge in [-0.25, -0.2) is 9.69 Å². The quantitative estimate of drug-likeness (QED) is 0.243. The van der Waals surface area contributed by atoms with Crippen LogP contribution in [0.2, 0.25) is 0 Å². The summed E-state index contributed by atoms with van der Waals surface area (Å²) in [5.41, 5.74) is 0.750. The molecule has 0 aromatic heterocycles. The van der Waals surface area contributed by atoms with Gasteiger partial charge in [-0.15, -0.1) is 0 Å². The number of imide groups is 1. The summed E-state index contributed by atoms with van der Waals surface area (Å²) in [5, 5.41) is 13.8. The standard InChI is InChI=1S/C20H17N3O7/c1-29-18(24)11-22-19(25)15(21-20(22)26)9-14-7-8-17(16(10-14)23(27)28)30-12-13-5-3-2-4-6-13/h2-10H,11-12H2,1H3,(H,21,26)/b15-9+. The van der Waals surface area contributed by atoms with Gasteiger partial charge in [0.15, 0.2) is 5.75 Å². The van der Waals surface area contributed by atoms with Gasteiger partial charge in [0.05, 0.1) is 12.0 Å². The van der Waals surface area contributed by atoms with Crippen LogP contribution in [-0.4, -0.2) is 41.4 Å². The summed E-state index contributed by atoms with van der Waals surface area (Å²) in [6.45, 7) is -0.385. The van der Waals surface area contributed by atoms with Crippen LogP contribution in [0.3, 0.4) is 0 Å². The third-order valence-electron chi connectivity index (χ3n) is 4.21. The lowest BCUT2D eigenvalue weighted by Crippen LogP contribution is -2.36. The van der Waals surface area contributed by atoms with Crippen LogP contribution in [0.5, 0.6) is 5.75 Å². The van der Waals surface area contributed by atoms with Crippen molar-refractivity contribution < 1.29 is 28.8 Å². The van der Waals surface area contributed by atoms with Crippen LogP contribution in [0.15, 0.2) is 54.2 Å². The van der Waals surface area contributed by atoms with Crippen molar-refractivity contribution in [1.82, 2.24) is 10.2 Å². The molecule has 0 saturated carbocycles. The lowest BCUT2D eigenvalue weighted by Gasteiger charge is -2.09. The van der Waals surface area contributed by atoms with E-state index in [9.17, 15) is 24.5 Å². The van der Waals surface area contributed by atoms with Gasteiger partial charge in [-0.1, -0.05) is 36.4 Å². The molecular formula is C20H17N3O7. The number of nitro benzene ring substituents is 1. The summed E-state index contributed by atoms with van der Waals surface area (Å²) in [6.07, 6.45) is 1.28. The van der Waals surface area contributed by atoms with E-state index in [-0.39, 0.29) is 23.7 Å². The molecule has 10 heteroatoms. The van der Waals surface area contributed by atoms with E-state index >= 15 is 0 Å². The lowest BCUT2D eigenvalue weighted by atomic mass is 10.1. The molecule has 0 aliphatic carbocycles. The van der Waals surface area contributed by atoms with Crippen molar-refractivity contribution in [2.45, 2.75) is 6.61 Å². The van der Waals surface area contributed by atoms with E-state index in [1.807, 2.05) is 30.3 Å². The summed E-state index contributed by atoms with van der Waals surface area (Å²) >= 11 is 0. The minimum Gasteiger partial charge on any atom is -0.482 e. The predicted molar refractivity (Wildman–Crippen MR) is 104 cm³/mol. The predicted octanol–water partition coefficient (Wildman–Crippen LogP) is 2.24. The van der Waals surface area contributed by atoms with Crippen LogP contribution in [0.25, 0.3) is 6.08 Å². The van der Waals surface area contributed by atoms with E-state index in [2.05, 4.69) is 10.1 Å². The minimum absolute atomic E-state index is 0.0695. The second-order valence-electron chi connectivity index (χ2n) is 6.21. The van der Waals surface area contributed by atoms with Crippen LogP contribution in [0, 0.1) is 10.1 Å². The molecule has 0 atom stereocenters. The Labute approximate surface area is 170 Å². The van der Waals surface area contributed by atoms with Crippen molar-refractivity contribution >= 4 is 29.7 Å². The minimum atomic E-state index is -0.783. The van der Waals surface area contributed by atoms with Crippen molar-refractivity contribution in [2.24, 2.45) is 0 Å². The van der Waals surface area contributed by atoms with Crippen LogP contribution < -0.4 is 10.1 Å². The Hall–Kier alpha value is -4.21. The number of hydrogen-bond acceptors (Lipinski definition) is 7. The number of ether oxygens (including phenoxy) is 2. The molecule has 0 unspecified atom stereocenters. The summed E-state index contributed by atoms with van der Waals surface area (Å²) in [4.78, 5) is 47.1. The Kier molecular flexibility index (Phi) is 6.06. The van der Waals surface area contributed by atoms with Crippen LogP contribution >= 0.6 is 0 Å². The number of methoxy groups -OCH3 is 1. The van der Waals surface area contributed by atoms with Crippen molar-refractivity contribution in [1.29, 1.82) is 0 Å². The highest BCUT2D eigenvalue weighted by atomic mass is 16.6. The average Bonchev–Trinajstić information content (AvgIpc) is 3.00. The molecule has 2 aromatic carbocycles. The molecule has 3 amide bonds. The normalized spacial score (nSPS) is 14.6. The second kappa shape index (κ2) is 8.86. The number of carbonyl (C=O) groups is 3. The maximum Gasteiger partial charge on any atom is 0.329 e. The van der Waals surface area contributed by atoms with Crippen molar-refractivity contribution in [2.75, 3.05) is 13.7 Å². The van der Waals surface area contributed by atoms with Gasteiger partial charge >= 0.3 is 17.7 Å². The van der Waals surface area contributed by atoms with E-state index in [0.717, 1.165) is 12.7 Å². The first-order chi connectivity index (χ1) is 14.4. The largest absolute Gasteiger partial charge is 0.482 e. The molecule has 1 N–H and O–H groups in total. The number of urea groups is 1. The Morgan fingerprint density at radius 1 is 1.20 bits per heavy atom.